The maximum absolute atomic E-state index is 12.5. The van der Waals surface area contributed by atoms with Gasteiger partial charge in [-0.15, -0.1) is 0 Å². The summed E-state index contributed by atoms with van der Waals surface area (Å²) in [6.45, 7) is -0.195. The van der Waals surface area contributed by atoms with E-state index in [2.05, 4.69) is 0 Å². The highest BCUT2D eigenvalue weighted by Crippen LogP contribution is 2.36. The summed E-state index contributed by atoms with van der Waals surface area (Å²) >= 11 is 0. The molecule has 0 spiro atoms. The van der Waals surface area contributed by atoms with Gasteiger partial charge in [-0.05, 0) is 12.1 Å². The molecule has 0 atom stereocenters. The van der Waals surface area contributed by atoms with E-state index in [-0.39, 0.29) is 12.4 Å². The number of hydrogen-bond acceptors (Lipinski definition) is 5. The standard InChI is InChI=1S/C11H12F3NO5/c1-18-10(19-2)6-20-9-4-3-7(11(12,13)14)5-8(9)15(16)17/h3-5,10H,6H2,1-2H3. The molecule has 0 bridgehead atoms. The number of alkyl halides is 3. The quantitative estimate of drug-likeness (QED) is 0.458. The van der Waals surface area contributed by atoms with Gasteiger partial charge in [0.1, 0.15) is 6.61 Å². The van der Waals surface area contributed by atoms with E-state index >= 15 is 0 Å². The molecule has 0 saturated heterocycles. The van der Waals surface area contributed by atoms with Crippen LogP contribution in [0, 0.1) is 10.1 Å². The van der Waals surface area contributed by atoms with Crippen LogP contribution in [-0.4, -0.2) is 32.0 Å². The molecule has 1 aromatic rings. The summed E-state index contributed by atoms with van der Waals surface area (Å²) in [5, 5.41) is 10.8. The van der Waals surface area contributed by atoms with E-state index in [0.717, 1.165) is 6.07 Å². The average Bonchev–Trinajstić information content (AvgIpc) is 2.38. The lowest BCUT2D eigenvalue weighted by atomic mass is 10.2. The summed E-state index contributed by atoms with van der Waals surface area (Å²) in [5.74, 6) is -0.290. The first-order chi connectivity index (χ1) is 9.29. The number of halogens is 3. The van der Waals surface area contributed by atoms with Crippen molar-refractivity contribution in [3.8, 4) is 5.75 Å². The first-order valence-corrected chi connectivity index (χ1v) is 5.33. The first kappa shape index (κ1) is 16.2. The predicted octanol–water partition coefficient (Wildman–Crippen LogP) is 2.61. The highest BCUT2D eigenvalue weighted by atomic mass is 19.4. The number of nitro benzene ring substituents is 1. The van der Waals surface area contributed by atoms with E-state index in [9.17, 15) is 23.3 Å². The third-order valence-corrected chi connectivity index (χ3v) is 2.38. The van der Waals surface area contributed by atoms with Crippen LogP contribution in [0.1, 0.15) is 5.56 Å². The maximum Gasteiger partial charge on any atom is 0.416 e. The molecule has 0 aliphatic carbocycles. The van der Waals surface area contributed by atoms with Gasteiger partial charge < -0.3 is 14.2 Å². The average molecular weight is 295 g/mol. The van der Waals surface area contributed by atoms with E-state index in [1.807, 2.05) is 0 Å². The van der Waals surface area contributed by atoms with Crippen LogP contribution in [0.4, 0.5) is 18.9 Å². The number of benzene rings is 1. The van der Waals surface area contributed by atoms with Gasteiger partial charge in [0.05, 0.1) is 10.5 Å². The predicted molar refractivity (Wildman–Crippen MR) is 61.4 cm³/mol. The minimum Gasteiger partial charge on any atom is -0.481 e. The summed E-state index contributed by atoms with van der Waals surface area (Å²) in [7, 11) is 2.66. The SMILES string of the molecule is COC(COc1ccc(C(F)(F)F)cc1[N+](=O)[O-])OC. The third kappa shape index (κ3) is 4.07. The zero-order chi connectivity index (χ0) is 15.3. The van der Waals surface area contributed by atoms with Crippen molar-refractivity contribution in [2.45, 2.75) is 12.5 Å². The van der Waals surface area contributed by atoms with Crippen molar-refractivity contribution in [3.05, 3.63) is 33.9 Å². The first-order valence-electron chi connectivity index (χ1n) is 5.33. The minimum atomic E-state index is -4.66. The van der Waals surface area contributed by atoms with Gasteiger partial charge in [-0.3, -0.25) is 10.1 Å². The topological polar surface area (TPSA) is 70.8 Å². The Bertz CT molecular complexity index is 474. The monoisotopic (exact) mass is 295 g/mol. The van der Waals surface area contributed by atoms with Gasteiger partial charge in [0, 0.05) is 20.3 Å². The minimum absolute atomic E-state index is 0.195. The Morgan fingerprint density at radius 2 is 1.90 bits per heavy atom. The van der Waals surface area contributed by atoms with Crippen LogP contribution in [0.2, 0.25) is 0 Å². The molecule has 0 radical (unpaired) electrons. The smallest absolute Gasteiger partial charge is 0.416 e. The molecule has 0 amide bonds. The molecule has 0 saturated carbocycles. The molecule has 0 fully saturated rings. The largest absolute Gasteiger partial charge is 0.481 e. The number of methoxy groups -OCH3 is 2. The maximum atomic E-state index is 12.5. The molecular weight excluding hydrogens is 283 g/mol. The fourth-order valence-corrected chi connectivity index (χ4v) is 1.35. The zero-order valence-electron chi connectivity index (χ0n) is 10.6. The van der Waals surface area contributed by atoms with Crippen molar-refractivity contribution < 1.29 is 32.3 Å². The van der Waals surface area contributed by atoms with E-state index in [4.69, 9.17) is 14.2 Å². The molecule has 0 unspecified atom stereocenters. The summed E-state index contributed by atoms with van der Waals surface area (Å²) in [4.78, 5) is 9.84. The molecule has 0 aliphatic heterocycles. The van der Waals surface area contributed by atoms with Gasteiger partial charge >= 0.3 is 11.9 Å². The van der Waals surface area contributed by atoms with E-state index in [0.29, 0.717) is 12.1 Å². The molecule has 1 rings (SSSR count). The Morgan fingerprint density at radius 1 is 1.30 bits per heavy atom. The van der Waals surface area contributed by atoms with Crippen molar-refractivity contribution in [2.75, 3.05) is 20.8 Å². The van der Waals surface area contributed by atoms with Crippen molar-refractivity contribution >= 4 is 5.69 Å². The zero-order valence-corrected chi connectivity index (χ0v) is 10.6. The fraction of sp³-hybridized carbons (Fsp3) is 0.455. The lowest BCUT2D eigenvalue weighted by Crippen LogP contribution is -2.22. The molecule has 6 nitrogen and oxygen atoms in total. The highest BCUT2D eigenvalue weighted by molar-refractivity contribution is 5.49. The van der Waals surface area contributed by atoms with Gasteiger partial charge in [0.15, 0.2) is 12.0 Å². The normalized spacial score (nSPS) is 11.7. The third-order valence-electron chi connectivity index (χ3n) is 2.38. The van der Waals surface area contributed by atoms with Crippen LogP contribution in [0.5, 0.6) is 5.75 Å². The molecule has 0 aromatic heterocycles. The summed E-state index contributed by atoms with van der Waals surface area (Å²) in [5.41, 5.74) is -1.89. The van der Waals surface area contributed by atoms with Gasteiger partial charge in [-0.2, -0.15) is 13.2 Å². The Balaban J connectivity index is 2.99. The van der Waals surface area contributed by atoms with Crippen LogP contribution in [0.3, 0.4) is 0 Å². The van der Waals surface area contributed by atoms with Crippen molar-refractivity contribution in [2.24, 2.45) is 0 Å². The summed E-state index contributed by atoms with van der Waals surface area (Å²) < 4.78 is 52.1. The van der Waals surface area contributed by atoms with Crippen LogP contribution < -0.4 is 4.74 Å². The molecular formula is C11H12F3NO5. The van der Waals surface area contributed by atoms with Crippen LogP contribution >= 0.6 is 0 Å². The second-order valence-electron chi connectivity index (χ2n) is 3.65. The van der Waals surface area contributed by atoms with Crippen molar-refractivity contribution in [1.82, 2.24) is 0 Å². The highest BCUT2D eigenvalue weighted by Gasteiger charge is 2.33. The number of nitro groups is 1. The second-order valence-corrected chi connectivity index (χ2v) is 3.65. The van der Waals surface area contributed by atoms with E-state index < -0.39 is 28.6 Å². The Kier molecular flexibility index (Phi) is 5.28. The van der Waals surface area contributed by atoms with Crippen molar-refractivity contribution in [1.29, 1.82) is 0 Å². The van der Waals surface area contributed by atoms with Crippen LogP contribution in [-0.2, 0) is 15.7 Å². The molecule has 1 aromatic carbocycles. The number of hydrogen-bond donors (Lipinski definition) is 0. The van der Waals surface area contributed by atoms with Gasteiger partial charge in [-0.25, -0.2) is 0 Å². The molecule has 20 heavy (non-hydrogen) atoms. The van der Waals surface area contributed by atoms with Gasteiger partial charge in [0.2, 0.25) is 0 Å². The van der Waals surface area contributed by atoms with Crippen molar-refractivity contribution in [3.63, 3.8) is 0 Å². The molecule has 0 aliphatic rings. The van der Waals surface area contributed by atoms with Gasteiger partial charge in [-0.1, -0.05) is 0 Å². The lowest BCUT2D eigenvalue weighted by Gasteiger charge is -2.15. The molecule has 112 valence electrons. The van der Waals surface area contributed by atoms with E-state index in [1.54, 1.807) is 0 Å². The number of rotatable bonds is 6. The van der Waals surface area contributed by atoms with E-state index in [1.165, 1.54) is 14.2 Å². The molecule has 0 N–H and O–H groups in total. The Morgan fingerprint density at radius 3 is 2.35 bits per heavy atom. The van der Waals surface area contributed by atoms with Crippen LogP contribution in [0.15, 0.2) is 18.2 Å². The number of nitrogens with zero attached hydrogens (tertiary/aromatic N) is 1. The van der Waals surface area contributed by atoms with Crippen LogP contribution in [0.25, 0.3) is 0 Å². The fourth-order valence-electron chi connectivity index (χ4n) is 1.35. The Hall–Kier alpha value is -1.87. The van der Waals surface area contributed by atoms with Gasteiger partial charge in [0.25, 0.3) is 0 Å². The second kappa shape index (κ2) is 6.53. The molecule has 9 heteroatoms. The number of ether oxygens (including phenoxy) is 3. The Labute approximate surface area is 112 Å². The lowest BCUT2D eigenvalue weighted by molar-refractivity contribution is -0.386. The molecule has 0 heterocycles. The summed E-state index contributed by atoms with van der Waals surface area (Å²) in [6.07, 6.45) is -5.44. The summed E-state index contributed by atoms with van der Waals surface area (Å²) in [6, 6.07) is 2.02.